The van der Waals surface area contributed by atoms with E-state index >= 15 is 0 Å². The number of fused-ring (bicyclic) bond motifs is 4. The molecule has 0 saturated heterocycles. The van der Waals surface area contributed by atoms with Crippen molar-refractivity contribution in [1.82, 2.24) is 0 Å². The first kappa shape index (κ1) is 45.5. The van der Waals surface area contributed by atoms with Gasteiger partial charge in [-0.2, -0.15) is 10.5 Å². The molecule has 0 spiro atoms. The highest BCUT2D eigenvalue weighted by Crippen LogP contribution is 2.58. The Balaban J connectivity index is 1.26. The molecule has 0 aromatic heterocycles. The molecule has 2 unspecified atom stereocenters. The molecule has 4 heteroatoms. The topological polar surface area (TPSA) is 54.1 Å². The number of nitrogens with zero attached hydrogens (tertiary/aromatic N) is 4. The summed E-state index contributed by atoms with van der Waals surface area (Å²) in [7, 11) is 0. The fourth-order valence-electron chi connectivity index (χ4n) is 11.5. The van der Waals surface area contributed by atoms with Crippen molar-refractivity contribution in [3.8, 4) is 23.3 Å². The Morgan fingerprint density at radius 1 is 0.522 bits per heavy atom. The van der Waals surface area contributed by atoms with Crippen LogP contribution in [0.15, 0.2) is 151 Å². The second-order valence-corrected chi connectivity index (χ2v) is 19.5. The van der Waals surface area contributed by atoms with Gasteiger partial charge in [-0.1, -0.05) is 187 Å². The molecule has 3 aliphatic rings. The zero-order valence-electron chi connectivity index (χ0n) is 40.2. The standard InChI is InChI=1S/C63H66N4/c1-5-7-9-11-13-17-39-63(40-18-14-12-10-8-6-2)56-20-16-15-19-54(56)55-41-51(33-38-57(55)63)60-61(50-31-27-48(44-65)28-32-50)67(53-36-23-46(4)24-37-53)59-42-58(49-29-25-47(43-64)26-30-49)66(62(59)60)52-34-21-45(3)22-35-52/h15-16,19-38,41-42,59,61H,5-14,17-18,39-40H2,1-4H3. The third-order valence-electron chi connectivity index (χ3n) is 15.0. The van der Waals surface area contributed by atoms with Crippen LogP contribution in [0.5, 0.6) is 0 Å². The summed E-state index contributed by atoms with van der Waals surface area (Å²) in [6.07, 6.45) is 20.4. The molecule has 0 bridgehead atoms. The van der Waals surface area contributed by atoms with Gasteiger partial charge in [-0.25, -0.2) is 0 Å². The summed E-state index contributed by atoms with van der Waals surface area (Å²) in [6.45, 7) is 8.92. The summed E-state index contributed by atoms with van der Waals surface area (Å²) >= 11 is 0. The highest BCUT2D eigenvalue weighted by molar-refractivity contribution is 5.99. The summed E-state index contributed by atoms with van der Waals surface area (Å²) in [5, 5.41) is 19.8. The van der Waals surface area contributed by atoms with Crippen molar-refractivity contribution in [2.24, 2.45) is 0 Å². The first-order valence-electron chi connectivity index (χ1n) is 25.3. The lowest BCUT2D eigenvalue weighted by molar-refractivity contribution is 0.398. The van der Waals surface area contributed by atoms with Crippen molar-refractivity contribution in [3.05, 3.63) is 201 Å². The van der Waals surface area contributed by atoms with Crippen molar-refractivity contribution in [1.29, 1.82) is 10.5 Å². The van der Waals surface area contributed by atoms with Gasteiger partial charge in [0.2, 0.25) is 0 Å². The minimum atomic E-state index is -0.159. The molecule has 2 atom stereocenters. The van der Waals surface area contributed by atoms with E-state index in [-0.39, 0.29) is 17.5 Å². The monoisotopic (exact) mass is 879 g/mol. The Kier molecular flexibility index (Phi) is 13.9. The predicted molar refractivity (Wildman–Crippen MR) is 280 cm³/mol. The van der Waals surface area contributed by atoms with Gasteiger partial charge in [0.15, 0.2) is 0 Å². The SMILES string of the molecule is CCCCCCCCC1(CCCCCCCC)c2ccccc2-c2cc(C3=C4C(C=C(c5ccc(C#N)cc5)N4c4ccc(C)cc4)N(c4ccc(C)cc4)C3c3ccc(C#N)cc3)ccc21. The molecule has 338 valence electrons. The van der Waals surface area contributed by atoms with Crippen LogP contribution in [-0.2, 0) is 5.41 Å². The lowest BCUT2D eigenvalue weighted by Gasteiger charge is -2.34. The van der Waals surface area contributed by atoms with E-state index in [0.717, 1.165) is 28.2 Å². The number of benzene rings is 6. The highest BCUT2D eigenvalue weighted by atomic mass is 15.3. The van der Waals surface area contributed by atoms with Crippen LogP contribution in [0.4, 0.5) is 11.4 Å². The van der Waals surface area contributed by atoms with Gasteiger partial charge in [0.1, 0.15) is 0 Å². The summed E-state index contributed by atoms with van der Waals surface area (Å²) in [5.41, 5.74) is 18.8. The maximum absolute atomic E-state index is 9.98. The third kappa shape index (κ3) is 9.00. The van der Waals surface area contributed by atoms with Crippen LogP contribution in [0, 0.1) is 36.5 Å². The molecule has 0 fully saturated rings. The molecule has 0 radical (unpaired) electrons. The predicted octanol–water partition coefficient (Wildman–Crippen LogP) is 16.7. The first-order valence-corrected chi connectivity index (χ1v) is 25.3. The van der Waals surface area contributed by atoms with Gasteiger partial charge in [0, 0.05) is 22.4 Å². The van der Waals surface area contributed by atoms with Gasteiger partial charge >= 0.3 is 0 Å². The maximum Gasteiger partial charge on any atom is 0.0991 e. The van der Waals surface area contributed by atoms with E-state index in [0.29, 0.717) is 11.1 Å². The number of hydrogen-bond donors (Lipinski definition) is 0. The van der Waals surface area contributed by atoms with Crippen LogP contribution in [0.3, 0.4) is 0 Å². The minimum absolute atomic E-state index is 0.0118. The second kappa shape index (κ2) is 20.5. The Morgan fingerprint density at radius 2 is 1.04 bits per heavy atom. The fraction of sp³-hybridized carbons (Fsp3) is 0.333. The number of rotatable bonds is 19. The average Bonchev–Trinajstić information content (AvgIpc) is 4.00. The van der Waals surface area contributed by atoms with E-state index in [1.54, 1.807) is 0 Å². The van der Waals surface area contributed by atoms with Crippen molar-refractivity contribution in [2.45, 2.75) is 135 Å². The number of anilines is 2. The minimum Gasteiger partial charge on any atom is -0.348 e. The zero-order valence-corrected chi connectivity index (χ0v) is 40.2. The molecule has 2 heterocycles. The van der Waals surface area contributed by atoms with Gasteiger partial charge in [-0.05, 0) is 126 Å². The quantitative estimate of drug-likeness (QED) is 0.0761. The van der Waals surface area contributed by atoms with Crippen molar-refractivity contribution >= 4 is 22.6 Å². The molecule has 9 rings (SSSR count). The smallest absolute Gasteiger partial charge is 0.0991 e. The van der Waals surface area contributed by atoms with E-state index in [9.17, 15) is 10.5 Å². The van der Waals surface area contributed by atoms with Gasteiger partial charge in [0.25, 0.3) is 0 Å². The molecule has 6 aromatic carbocycles. The van der Waals surface area contributed by atoms with Crippen molar-refractivity contribution < 1.29 is 0 Å². The summed E-state index contributed by atoms with van der Waals surface area (Å²) < 4.78 is 0. The summed E-state index contributed by atoms with van der Waals surface area (Å²) in [5.74, 6) is 0. The van der Waals surface area contributed by atoms with Crippen LogP contribution < -0.4 is 9.80 Å². The number of unbranched alkanes of at least 4 members (excludes halogenated alkanes) is 10. The molecular formula is C63H66N4. The van der Waals surface area contributed by atoms with Gasteiger partial charge in [-0.15, -0.1) is 0 Å². The lowest BCUT2D eigenvalue weighted by Crippen LogP contribution is -2.33. The largest absolute Gasteiger partial charge is 0.348 e. The van der Waals surface area contributed by atoms with Crippen molar-refractivity contribution in [2.75, 3.05) is 9.80 Å². The van der Waals surface area contributed by atoms with Crippen LogP contribution >= 0.6 is 0 Å². The molecule has 2 aliphatic heterocycles. The maximum atomic E-state index is 9.98. The zero-order chi connectivity index (χ0) is 46.3. The average molecular weight is 879 g/mol. The second-order valence-electron chi connectivity index (χ2n) is 19.5. The molecule has 1 aliphatic carbocycles. The van der Waals surface area contributed by atoms with E-state index in [1.807, 2.05) is 24.3 Å². The van der Waals surface area contributed by atoms with Gasteiger partial charge < -0.3 is 9.80 Å². The Morgan fingerprint density at radius 3 is 1.64 bits per heavy atom. The van der Waals surface area contributed by atoms with Crippen molar-refractivity contribution in [3.63, 3.8) is 0 Å². The number of nitriles is 2. The van der Waals surface area contributed by atoms with Gasteiger partial charge in [-0.3, -0.25) is 0 Å². The van der Waals surface area contributed by atoms with E-state index in [1.165, 1.54) is 140 Å². The number of hydrogen-bond acceptors (Lipinski definition) is 4. The molecule has 6 aromatic rings. The molecule has 67 heavy (non-hydrogen) atoms. The highest BCUT2D eigenvalue weighted by Gasteiger charge is 2.49. The van der Waals surface area contributed by atoms with E-state index in [2.05, 4.69) is 171 Å². The summed E-state index contributed by atoms with van der Waals surface area (Å²) in [6, 6.07) is 55.6. The molecule has 0 N–H and O–H groups in total. The normalized spacial score (nSPS) is 16.7. The van der Waals surface area contributed by atoms with E-state index < -0.39 is 0 Å². The lowest BCUT2D eigenvalue weighted by atomic mass is 9.70. The van der Waals surface area contributed by atoms with Gasteiger partial charge in [0.05, 0.1) is 46.7 Å². The van der Waals surface area contributed by atoms with E-state index in [4.69, 9.17) is 0 Å². The molecule has 0 saturated carbocycles. The van der Waals surface area contributed by atoms with Crippen LogP contribution in [0.1, 0.15) is 160 Å². The number of aryl methyl sites for hydroxylation is 2. The Bertz CT molecular complexity index is 2800. The molecule has 0 amide bonds. The Hall–Kier alpha value is -6.62. The van der Waals surface area contributed by atoms with Crippen LogP contribution in [0.2, 0.25) is 0 Å². The summed E-state index contributed by atoms with van der Waals surface area (Å²) in [4.78, 5) is 5.10. The van der Waals surface area contributed by atoms with Crippen LogP contribution in [-0.4, -0.2) is 6.04 Å². The van der Waals surface area contributed by atoms with Crippen LogP contribution in [0.25, 0.3) is 22.4 Å². The third-order valence-corrected chi connectivity index (χ3v) is 15.0. The molecule has 4 nitrogen and oxygen atoms in total. The Labute approximate surface area is 400 Å². The first-order chi connectivity index (χ1) is 32.9. The fourth-order valence-corrected chi connectivity index (χ4v) is 11.5. The molecular weight excluding hydrogens is 813 g/mol.